The molecule has 0 atom stereocenters. The summed E-state index contributed by atoms with van der Waals surface area (Å²) < 4.78 is 0. The molecule has 4 heteroatoms. The Morgan fingerprint density at radius 3 is 2.71 bits per heavy atom. The van der Waals surface area contributed by atoms with Gasteiger partial charge in [-0.1, -0.05) is 19.1 Å². The van der Waals surface area contributed by atoms with Gasteiger partial charge in [0.2, 0.25) is 5.91 Å². The molecule has 1 aliphatic rings. The molecule has 21 heavy (non-hydrogen) atoms. The Balaban J connectivity index is 1.70. The Kier molecular flexibility index (Phi) is 3.95. The molecule has 0 bridgehead atoms. The van der Waals surface area contributed by atoms with Gasteiger partial charge in [-0.05, 0) is 37.0 Å². The Bertz CT molecular complexity index is 673. The van der Waals surface area contributed by atoms with E-state index in [1.807, 2.05) is 29.2 Å². The van der Waals surface area contributed by atoms with Crippen LogP contribution in [0.4, 0.5) is 0 Å². The number of para-hydroxylation sites is 2. The van der Waals surface area contributed by atoms with Gasteiger partial charge in [0.25, 0.3) is 0 Å². The summed E-state index contributed by atoms with van der Waals surface area (Å²) in [6, 6.07) is 7.72. The number of carbonyl (C=O) groups excluding carboxylic acids is 1. The van der Waals surface area contributed by atoms with E-state index in [1.54, 1.807) is 18.3 Å². The maximum absolute atomic E-state index is 12.1. The topological polar surface area (TPSA) is 46.1 Å². The van der Waals surface area contributed by atoms with Gasteiger partial charge in [0, 0.05) is 19.2 Å². The van der Waals surface area contributed by atoms with Crippen molar-refractivity contribution in [3.63, 3.8) is 0 Å². The number of rotatable bonds is 2. The summed E-state index contributed by atoms with van der Waals surface area (Å²) in [7, 11) is 0. The second kappa shape index (κ2) is 6.04. The van der Waals surface area contributed by atoms with Gasteiger partial charge in [0.15, 0.2) is 0 Å². The van der Waals surface area contributed by atoms with Crippen molar-refractivity contribution in [1.82, 2.24) is 14.9 Å². The van der Waals surface area contributed by atoms with Crippen molar-refractivity contribution in [1.29, 1.82) is 0 Å². The molecule has 2 aromatic rings. The van der Waals surface area contributed by atoms with Gasteiger partial charge >= 0.3 is 0 Å². The van der Waals surface area contributed by atoms with Crippen molar-refractivity contribution in [3.05, 3.63) is 42.2 Å². The maximum Gasteiger partial charge on any atom is 0.246 e. The maximum atomic E-state index is 12.1. The summed E-state index contributed by atoms with van der Waals surface area (Å²) in [5.74, 6) is 0.793. The van der Waals surface area contributed by atoms with E-state index < -0.39 is 0 Å². The first kappa shape index (κ1) is 13.7. The van der Waals surface area contributed by atoms with E-state index in [2.05, 4.69) is 16.9 Å². The Morgan fingerprint density at radius 1 is 1.24 bits per heavy atom. The lowest BCUT2D eigenvalue weighted by Crippen LogP contribution is -2.36. The summed E-state index contributed by atoms with van der Waals surface area (Å²) in [5.41, 5.74) is 2.43. The molecular weight excluding hydrogens is 262 g/mol. The minimum atomic E-state index is 0.0665. The van der Waals surface area contributed by atoms with E-state index in [9.17, 15) is 4.79 Å². The molecule has 0 radical (unpaired) electrons. The predicted octanol–water partition coefficient (Wildman–Crippen LogP) is 2.90. The molecule has 1 amide bonds. The monoisotopic (exact) mass is 281 g/mol. The highest BCUT2D eigenvalue weighted by atomic mass is 16.2. The molecule has 1 saturated heterocycles. The van der Waals surface area contributed by atoms with E-state index in [4.69, 9.17) is 0 Å². The first-order chi connectivity index (χ1) is 10.2. The van der Waals surface area contributed by atoms with Crippen LogP contribution in [0.3, 0.4) is 0 Å². The minimum absolute atomic E-state index is 0.0665. The number of piperidine rings is 1. The van der Waals surface area contributed by atoms with Crippen molar-refractivity contribution in [2.45, 2.75) is 19.8 Å². The lowest BCUT2D eigenvalue weighted by molar-refractivity contribution is -0.127. The van der Waals surface area contributed by atoms with Crippen LogP contribution in [0.15, 0.2) is 36.5 Å². The third kappa shape index (κ3) is 3.27. The molecule has 3 rings (SSSR count). The first-order valence-electron chi connectivity index (χ1n) is 7.41. The number of likely N-dealkylation sites (tertiary alicyclic amines) is 1. The minimum Gasteiger partial charge on any atom is -0.339 e. The third-order valence-electron chi connectivity index (χ3n) is 3.96. The standard InChI is InChI=1S/C17H19N3O/c1-13-8-10-20(11-9-13)17(21)7-6-14-12-18-15-4-2-3-5-16(15)19-14/h2-7,12-13H,8-11H2,1H3/b7-6+. The summed E-state index contributed by atoms with van der Waals surface area (Å²) in [6.45, 7) is 3.95. The molecule has 1 fully saturated rings. The number of carbonyl (C=O) groups is 1. The van der Waals surface area contributed by atoms with Gasteiger partial charge in [-0.3, -0.25) is 9.78 Å². The molecular formula is C17H19N3O. The molecule has 0 unspecified atom stereocenters. The largest absolute Gasteiger partial charge is 0.339 e. The molecule has 4 nitrogen and oxygen atoms in total. The number of fused-ring (bicyclic) bond motifs is 1. The Morgan fingerprint density at radius 2 is 1.95 bits per heavy atom. The molecule has 108 valence electrons. The van der Waals surface area contributed by atoms with Gasteiger partial charge in [-0.25, -0.2) is 4.98 Å². The average Bonchev–Trinajstić information content (AvgIpc) is 2.53. The van der Waals surface area contributed by atoms with Gasteiger partial charge in [0.1, 0.15) is 0 Å². The van der Waals surface area contributed by atoms with Gasteiger partial charge in [-0.2, -0.15) is 0 Å². The quantitative estimate of drug-likeness (QED) is 0.795. The number of hydrogen-bond donors (Lipinski definition) is 0. The number of benzene rings is 1. The zero-order valence-corrected chi connectivity index (χ0v) is 12.2. The van der Waals surface area contributed by atoms with Crippen LogP contribution in [0.2, 0.25) is 0 Å². The SMILES string of the molecule is CC1CCN(C(=O)/C=C/c2cnc3ccccc3n2)CC1. The molecule has 1 aromatic carbocycles. The van der Waals surface area contributed by atoms with Gasteiger partial charge in [0.05, 0.1) is 22.9 Å². The number of hydrogen-bond acceptors (Lipinski definition) is 3. The van der Waals surface area contributed by atoms with E-state index in [1.165, 1.54) is 0 Å². The van der Waals surface area contributed by atoms with Crippen LogP contribution in [0, 0.1) is 5.92 Å². The smallest absolute Gasteiger partial charge is 0.246 e. The number of amides is 1. The summed E-state index contributed by atoms with van der Waals surface area (Å²) in [6.07, 6.45) is 7.24. The molecule has 0 spiro atoms. The van der Waals surface area contributed by atoms with Crippen molar-refractivity contribution < 1.29 is 4.79 Å². The molecule has 2 heterocycles. The second-order valence-electron chi connectivity index (χ2n) is 5.62. The van der Waals surface area contributed by atoms with Crippen LogP contribution in [0.25, 0.3) is 17.1 Å². The first-order valence-corrected chi connectivity index (χ1v) is 7.41. The average molecular weight is 281 g/mol. The van der Waals surface area contributed by atoms with Gasteiger partial charge < -0.3 is 4.90 Å². The van der Waals surface area contributed by atoms with Crippen molar-refractivity contribution >= 4 is 23.0 Å². The summed E-state index contributed by atoms with van der Waals surface area (Å²) in [4.78, 5) is 22.9. The van der Waals surface area contributed by atoms with Crippen LogP contribution in [0.1, 0.15) is 25.5 Å². The van der Waals surface area contributed by atoms with Crippen molar-refractivity contribution in [2.75, 3.05) is 13.1 Å². The van der Waals surface area contributed by atoms with Crippen LogP contribution in [0.5, 0.6) is 0 Å². The highest BCUT2D eigenvalue weighted by Crippen LogP contribution is 2.16. The summed E-state index contributed by atoms with van der Waals surface area (Å²) in [5, 5.41) is 0. The molecule has 0 N–H and O–H groups in total. The highest BCUT2D eigenvalue weighted by molar-refractivity contribution is 5.91. The van der Waals surface area contributed by atoms with Crippen molar-refractivity contribution in [2.24, 2.45) is 5.92 Å². The van der Waals surface area contributed by atoms with E-state index >= 15 is 0 Å². The molecule has 1 aromatic heterocycles. The van der Waals surface area contributed by atoms with E-state index in [0.29, 0.717) is 5.69 Å². The molecule has 0 saturated carbocycles. The Hall–Kier alpha value is -2.23. The fraction of sp³-hybridized carbons (Fsp3) is 0.353. The number of aromatic nitrogens is 2. The van der Waals surface area contributed by atoms with Crippen LogP contribution in [-0.2, 0) is 4.79 Å². The number of nitrogens with zero attached hydrogens (tertiary/aromatic N) is 3. The van der Waals surface area contributed by atoms with Crippen molar-refractivity contribution in [3.8, 4) is 0 Å². The fourth-order valence-electron chi connectivity index (χ4n) is 2.54. The fourth-order valence-corrected chi connectivity index (χ4v) is 2.54. The molecule has 1 aliphatic heterocycles. The lowest BCUT2D eigenvalue weighted by atomic mass is 9.99. The zero-order valence-electron chi connectivity index (χ0n) is 12.2. The highest BCUT2D eigenvalue weighted by Gasteiger charge is 2.18. The van der Waals surface area contributed by atoms with Crippen LogP contribution >= 0.6 is 0 Å². The second-order valence-corrected chi connectivity index (χ2v) is 5.62. The van der Waals surface area contributed by atoms with Gasteiger partial charge in [-0.15, -0.1) is 0 Å². The Labute approximate surface area is 124 Å². The summed E-state index contributed by atoms with van der Waals surface area (Å²) >= 11 is 0. The predicted molar refractivity (Wildman–Crippen MR) is 83.6 cm³/mol. The third-order valence-corrected chi connectivity index (χ3v) is 3.96. The zero-order chi connectivity index (χ0) is 14.7. The lowest BCUT2D eigenvalue weighted by Gasteiger charge is -2.29. The van der Waals surface area contributed by atoms with Crippen LogP contribution < -0.4 is 0 Å². The molecule has 0 aliphatic carbocycles. The normalized spacial score (nSPS) is 16.7. The van der Waals surface area contributed by atoms with E-state index in [-0.39, 0.29) is 5.91 Å². The van der Waals surface area contributed by atoms with E-state index in [0.717, 1.165) is 42.9 Å². The van der Waals surface area contributed by atoms with Crippen LogP contribution in [-0.4, -0.2) is 33.9 Å².